The largest absolute Gasteiger partial charge is 0.550 e. The van der Waals surface area contributed by atoms with Gasteiger partial charge >= 0.3 is 11.9 Å². The zero-order valence-corrected chi connectivity index (χ0v) is 11.4. The van der Waals surface area contributed by atoms with Gasteiger partial charge in [0.2, 0.25) is 0 Å². The summed E-state index contributed by atoms with van der Waals surface area (Å²) in [5.74, 6) is -4.14. The van der Waals surface area contributed by atoms with Gasteiger partial charge in [0.25, 0.3) is 0 Å². The van der Waals surface area contributed by atoms with Gasteiger partial charge in [0, 0.05) is 23.7 Å². The molecule has 0 aromatic carbocycles. The third kappa shape index (κ3) is 1.49. The van der Waals surface area contributed by atoms with Gasteiger partial charge < -0.3 is 19.4 Å². The van der Waals surface area contributed by atoms with Gasteiger partial charge in [-0.25, -0.2) is 0 Å². The van der Waals surface area contributed by atoms with Gasteiger partial charge in [-0.3, -0.25) is 9.59 Å². The number of ether oxygens (including phenoxy) is 2. The number of carboxylic acid groups (broad SMARTS) is 1. The quantitative estimate of drug-likeness (QED) is 0.358. The molecule has 6 nitrogen and oxygen atoms in total. The lowest BCUT2D eigenvalue weighted by Gasteiger charge is -2.31. The summed E-state index contributed by atoms with van der Waals surface area (Å²) in [6.45, 7) is 0. The van der Waals surface area contributed by atoms with E-state index < -0.39 is 42.0 Å². The van der Waals surface area contributed by atoms with Crippen LogP contribution in [0.5, 0.6) is 0 Å². The topological polar surface area (TPSA) is 92.7 Å². The third-order valence-corrected chi connectivity index (χ3v) is 4.82. The third-order valence-electron chi connectivity index (χ3n) is 4.19. The van der Waals surface area contributed by atoms with Gasteiger partial charge in [0.1, 0.15) is 12.2 Å². The van der Waals surface area contributed by atoms with Crippen LogP contribution in [0.25, 0.3) is 0 Å². The van der Waals surface area contributed by atoms with Crippen LogP contribution in [0.2, 0.25) is 0 Å². The molecule has 2 bridgehead atoms. The average Bonchev–Trinajstić information content (AvgIpc) is 2.91. The van der Waals surface area contributed by atoms with E-state index in [0.29, 0.717) is 6.42 Å². The van der Waals surface area contributed by atoms with E-state index in [9.17, 15) is 19.5 Å². The van der Waals surface area contributed by atoms with E-state index in [1.165, 1.54) is 0 Å². The Balaban J connectivity index is 1.89. The molecule has 2 aliphatic carbocycles. The molecule has 0 aromatic heterocycles. The van der Waals surface area contributed by atoms with Crippen LogP contribution >= 0.6 is 22.6 Å². The Morgan fingerprint density at radius 1 is 1.44 bits per heavy atom. The summed E-state index contributed by atoms with van der Waals surface area (Å²) in [6, 6.07) is 0. The molecule has 2 saturated carbocycles. The maximum absolute atomic E-state index is 11.7. The van der Waals surface area contributed by atoms with Crippen LogP contribution in [0, 0.1) is 23.7 Å². The second-order valence-electron chi connectivity index (χ2n) is 4.92. The summed E-state index contributed by atoms with van der Waals surface area (Å²) in [5.41, 5.74) is 0. The summed E-state index contributed by atoms with van der Waals surface area (Å²) in [5, 5.41) is 11.2. The SMILES string of the molecule is O=C(CI)OC1C2CC3C1OC(=O)C3C2C(=O)[O-]. The van der Waals surface area contributed by atoms with Crippen molar-refractivity contribution >= 4 is 40.5 Å². The van der Waals surface area contributed by atoms with Crippen molar-refractivity contribution < 1.29 is 29.0 Å². The Morgan fingerprint density at radius 2 is 2.17 bits per heavy atom. The van der Waals surface area contributed by atoms with Crippen molar-refractivity contribution in [2.24, 2.45) is 23.7 Å². The number of hydrogen-bond donors (Lipinski definition) is 0. The standard InChI is InChI=1S/C11H11IO6/c12-2-5(13)17-8-3-1-4-7(6(3)10(14)15)11(16)18-9(4)8/h3-4,6-9H,1-2H2,(H,14,15)/p-1. The van der Waals surface area contributed by atoms with E-state index in [1.807, 2.05) is 22.6 Å². The minimum atomic E-state index is -1.25. The Morgan fingerprint density at radius 3 is 2.78 bits per heavy atom. The lowest BCUT2D eigenvalue weighted by molar-refractivity contribution is -0.315. The molecule has 18 heavy (non-hydrogen) atoms. The van der Waals surface area contributed by atoms with E-state index >= 15 is 0 Å². The average molecular weight is 365 g/mol. The molecule has 0 spiro atoms. The second kappa shape index (κ2) is 4.07. The summed E-state index contributed by atoms with van der Waals surface area (Å²) < 4.78 is 10.6. The van der Waals surface area contributed by atoms with Crippen molar-refractivity contribution in [3.8, 4) is 0 Å². The minimum Gasteiger partial charge on any atom is -0.550 e. The molecule has 0 amide bonds. The fourth-order valence-corrected chi connectivity index (χ4v) is 3.83. The van der Waals surface area contributed by atoms with Crippen molar-refractivity contribution in [1.82, 2.24) is 0 Å². The highest BCUT2D eigenvalue weighted by molar-refractivity contribution is 14.1. The van der Waals surface area contributed by atoms with Crippen LogP contribution in [-0.2, 0) is 23.9 Å². The predicted molar refractivity (Wildman–Crippen MR) is 62.2 cm³/mol. The second-order valence-corrected chi connectivity index (χ2v) is 5.69. The summed E-state index contributed by atoms with van der Waals surface area (Å²) in [4.78, 5) is 34.2. The maximum atomic E-state index is 11.7. The zero-order chi connectivity index (χ0) is 13.0. The summed E-state index contributed by atoms with van der Waals surface area (Å²) in [6.07, 6.45) is -0.531. The highest BCUT2D eigenvalue weighted by Gasteiger charge is 2.68. The lowest BCUT2D eigenvalue weighted by atomic mass is 9.78. The number of carbonyl (C=O) groups is 3. The Bertz CT molecular complexity index is 435. The molecule has 98 valence electrons. The molecule has 3 rings (SSSR count). The molecule has 0 N–H and O–H groups in total. The first-order valence-corrected chi connectivity index (χ1v) is 7.24. The molecule has 1 aliphatic heterocycles. The molecule has 0 radical (unpaired) electrons. The lowest BCUT2D eigenvalue weighted by Crippen LogP contribution is -2.47. The zero-order valence-electron chi connectivity index (χ0n) is 9.21. The molecule has 1 saturated heterocycles. The van der Waals surface area contributed by atoms with Crippen LogP contribution in [0.3, 0.4) is 0 Å². The molecular weight excluding hydrogens is 355 g/mol. The molecule has 0 aromatic rings. The summed E-state index contributed by atoms with van der Waals surface area (Å²) >= 11 is 1.87. The monoisotopic (exact) mass is 365 g/mol. The number of alkyl halides is 1. The van der Waals surface area contributed by atoms with E-state index in [1.54, 1.807) is 0 Å². The number of halogens is 1. The normalized spacial score (nSPS) is 43.9. The van der Waals surface area contributed by atoms with Gasteiger partial charge in [-0.2, -0.15) is 0 Å². The van der Waals surface area contributed by atoms with E-state index in [-0.39, 0.29) is 16.3 Å². The van der Waals surface area contributed by atoms with Gasteiger partial charge in [0.15, 0.2) is 0 Å². The van der Waals surface area contributed by atoms with Crippen LogP contribution in [0.4, 0.5) is 0 Å². The number of carboxylic acids is 1. The maximum Gasteiger partial charge on any atom is 0.316 e. The molecule has 6 unspecified atom stereocenters. The van der Waals surface area contributed by atoms with Crippen LogP contribution < -0.4 is 5.11 Å². The Kier molecular flexibility index (Phi) is 2.76. The molecule has 3 fully saturated rings. The van der Waals surface area contributed by atoms with Crippen molar-refractivity contribution in [3.05, 3.63) is 0 Å². The number of carbonyl (C=O) groups excluding carboxylic acids is 3. The van der Waals surface area contributed by atoms with Crippen molar-refractivity contribution in [1.29, 1.82) is 0 Å². The van der Waals surface area contributed by atoms with Crippen molar-refractivity contribution in [2.75, 3.05) is 4.43 Å². The van der Waals surface area contributed by atoms with Crippen LogP contribution in [-0.4, -0.2) is 34.5 Å². The van der Waals surface area contributed by atoms with Crippen molar-refractivity contribution in [3.63, 3.8) is 0 Å². The van der Waals surface area contributed by atoms with Gasteiger partial charge in [-0.15, -0.1) is 0 Å². The first kappa shape index (κ1) is 12.2. The van der Waals surface area contributed by atoms with E-state index in [0.717, 1.165) is 0 Å². The number of hydrogen-bond acceptors (Lipinski definition) is 6. The Labute approximate surface area is 116 Å². The van der Waals surface area contributed by atoms with Gasteiger partial charge in [0.05, 0.1) is 10.3 Å². The molecule has 3 aliphatic rings. The van der Waals surface area contributed by atoms with E-state index in [2.05, 4.69) is 0 Å². The highest BCUT2D eigenvalue weighted by Crippen LogP contribution is 2.58. The van der Waals surface area contributed by atoms with E-state index in [4.69, 9.17) is 9.47 Å². The summed E-state index contributed by atoms with van der Waals surface area (Å²) in [7, 11) is 0. The fraction of sp³-hybridized carbons (Fsp3) is 0.727. The fourth-order valence-electron chi connectivity index (χ4n) is 3.65. The first-order valence-electron chi connectivity index (χ1n) is 5.71. The number of esters is 2. The Hall–Kier alpha value is -0.860. The van der Waals surface area contributed by atoms with Gasteiger partial charge in [-0.05, 0) is 6.42 Å². The van der Waals surface area contributed by atoms with Crippen LogP contribution in [0.1, 0.15) is 6.42 Å². The first-order chi connectivity index (χ1) is 8.54. The molecular formula is C11H10IO6-. The smallest absolute Gasteiger partial charge is 0.316 e. The number of rotatable bonds is 3. The number of aliphatic carboxylic acids is 1. The molecule has 1 heterocycles. The molecule has 6 atom stereocenters. The van der Waals surface area contributed by atoms with Crippen molar-refractivity contribution in [2.45, 2.75) is 18.6 Å². The molecule has 7 heteroatoms. The van der Waals surface area contributed by atoms with Crippen LogP contribution in [0.15, 0.2) is 0 Å². The minimum absolute atomic E-state index is 0.141. The van der Waals surface area contributed by atoms with Gasteiger partial charge in [-0.1, -0.05) is 22.6 Å². The highest BCUT2D eigenvalue weighted by atomic mass is 127. The number of fused-ring (bicyclic) bond motifs is 1. The predicted octanol–water partition coefficient (Wildman–Crippen LogP) is -1.11.